The van der Waals surface area contributed by atoms with Crippen molar-refractivity contribution >= 4 is 5.78 Å². The molecular weight excluding hydrogens is 224 g/mol. The maximum Gasteiger partial charge on any atom is 0.165 e. The summed E-state index contributed by atoms with van der Waals surface area (Å²) in [7, 11) is 0. The highest BCUT2D eigenvalue weighted by molar-refractivity contribution is 5.85. The van der Waals surface area contributed by atoms with Gasteiger partial charge in [0.15, 0.2) is 5.78 Å². The second-order valence-electron chi connectivity index (χ2n) is 5.08. The van der Waals surface area contributed by atoms with Crippen molar-refractivity contribution in [2.45, 2.75) is 53.1 Å². The molecule has 0 heterocycles. The third kappa shape index (κ3) is 3.67. The third-order valence-electron chi connectivity index (χ3n) is 3.77. The predicted octanol–water partition coefficient (Wildman–Crippen LogP) is 3.21. The summed E-state index contributed by atoms with van der Waals surface area (Å²) in [5.41, 5.74) is 3.41. The van der Waals surface area contributed by atoms with Crippen LogP contribution in [0.3, 0.4) is 0 Å². The minimum absolute atomic E-state index is 0.0630. The van der Waals surface area contributed by atoms with Crippen LogP contribution in [0.2, 0.25) is 0 Å². The molecule has 0 amide bonds. The first-order valence-electron chi connectivity index (χ1n) is 6.76. The Morgan fingerprint density at radius 2 is 1.78 bits per heavy atom. The molecule has 0 aliphatic rings. The van der Waals surface area contributed by atoms with Gasteiger partial charge in [-0.2, -0.15) is 0 Å². The molecule has 1 unspecified atom stereocenters. The number of Topliss-reactive ketones (excluding diaryl/α,β-unsaturated/α-hetero) is 1. The third-order valence-corrected chi connectivity index (χ3v) is 3.77. The normalized spacial score (nSPS) is 12.8. The summed E-state index contributed by atoms with van der Waals surface area (Å²) in [6.07, 6.45) is 1.20. The fraction of sp³-hybridized carbons (Fsp3) is 0.562. The number of hydrogen-bond acceptors (Lipinski definition) is 2. The van der Waals surface area contributed by atoms with Gasteiger partial charge in [0.25, 0.3) is 0 Å². The molecule has 0 radical (unpaired) electrons. The number of carbonyl (C=O) groups is 1. The molecule has 2 nitrogen and oxygen atoms in total. The van der Waals surface area contributed by atoms with Gasteiger partial charge in [0.05, 0.1) is 0 Å². The van der Waals surface area contributed by atoms with E-state index < -0.39 is 6.10 Å². The molecule has 0 bridgehead atoms. The Hall–Kier alpha value is -1.15. The average Bonchev–Trinajstić information content (AvgIpc) is 2.35. The van der Waals surface area contributed by atoms with E-state index in [1.54, 1.807) is 0 Å². The molecule has 0 aliphatic carbocycles. The molecule has 0 aliphatic heterocycles. The zero-order valence-corrected chi connectivity index (χ0v) is 11.9. The topological polar surface area (TPSA) is 37.3 Å². The van der Waals surface area contributed by atoms with Crippen LogP contribution < -0.4 is 0 Å². The molecule has 0 saturated carbocycles. The Balaban J connectivity index is 2.72. The number of aliphatic hydroxyl groups excluding tert-OH is 1. The van der Waals surface area contributed by atoms with E-state index in [4.69, 9.17) is 0 Å². The van der Waals surface area contributed by atoms with Crippen LogP contribution in [0, 0.1) is 19.8 Å². The molecule has 1 N–H and O–H groups in total. The molecule has 1 aromatic rings. The van der Waals surface area contributed by atoms with E-state index in [-0.39, 0.29) is 11.7 Å². The van der Waals surface area contributed by atoms with Crippen molar-refractivity contribution in [3.63, 3.8) is 0 Å². The van der Waals surface area contributed by atoms with Crippen LogP contribution in [0.1, 0.15) is 43.4 Å². The first-order valence-corrected chi connectivity index (χ1v) is 6.76. The fourth-order valence-corrected chi connectivity index (χ4v) is 2.22. The van der Waals surface area contributed by atoms with E-state index in [1.807, 2.05) is 39.0 Å². The number of benzene rings is 1. The number of carbonyl (C=O) groups excluding carboxylic acids is 1. The lowest BCUT2D eigenvalue weighted by Gasteiger charge is -2.18. The number of aliphatic hydroxyl groups is 1. The van der Waals surface area contributed by atoms with Gasteiger partial charge in [-0.05, 0) is 36.5 Å². The SMILES string of the molecule is CCC(CC)C(O)C(=O)Cc1ccc(C)c(C)c1. The highest BCUT2D eigenvalue weighted by Gasteiger charge is 2.23. The highest BCUT2D eigenvalue weighted by Crippen LogP contribution is 2.17. The van der Waals surface area contributed by atoms with Crippen LogP contribution in [0.4, 0.5) is 0 Å². The number of hydrogen-bond donors (Lipinski definition) is 1. The molecule has 0 saturated heterocycles. The number of rotatable bonds is 6. The molecular formula is C16H24O2. The van der Waals surface area contributed by atoms with E-state index >= 15 is 0 Å². The standard InChI is InChI=1S/C16H24O2/c1-5-14(6-2)16(18)15(17)10-13-8-7-11(3)12(4)9-13/h7-9,14,16,18H,5-6,10H2,1-4H3. The smallest absolute Gasteiger partial charge is 0.165 e. The second-order valence-corrected chi connectivity index (χ2v) is 5.08. The maximum absolute atomic E-state index is 12.0. The highest BCUT2D eigenvalue weighted by atomic mass is 16.3. The predicted molar refractivity (Wildman–Crippen MR) is 74.7 cm³/mol. The van der Waals surface area contributed by atoms with Crippen molar-refractivity contribution in [2.24, 2.45) is 5.92 Å². The Morgan fingerprint density at radius 1 is 1.17 bits per heavy atom. The van der Waals surface area contributed by atoms with Gasteiger partial charge in [0, 0.05) is 6.42 Å². The average molecular weight is 248 g/mol. The van der Waals surface area contributed by atoms with Gasteiger partial charge >= 0.3 is 0 Å². The van der Waals surface area contributed by atoms with Crippen LogP contribution in [-0.2, 0) is 11.2 Å². The van der Waals surface area contributed by atoms with Gasteiger partial charge in [0.2, 0.25) is 0 Å². The summed E-state index contributed by atoms with van der Waals surface area (Å²) in [5.74, 6) is 0.0241. The van der Waals surface area contributed by atoms with Gasteiger partial charge in [0.1, 0.15) is 6.10 Å². The molecule has 100 valence electrons. The summed E-state index contributed by atoms with van der Waals surface area (Å²) >= 11 is 0. The lowest BCUT2D eigenvalue weighted by atomic mass is 9.90. The monoisotopic (exact) mass is 248 g/mol. The van der Waals surface area contributed by atoms with Gasteiger partial charge < -0.3 is 5.11 Å². The first kappa shape index (κ1) is 14.9. The molecule has 1 rings (SSSR count). The van der Waals surface area contributed by atoms with Crippen molar-refractivity contribution in [3.05, 3.63) is 34.9 Å². The van der Waals surface area contributed by atoms with Crippen LogP contribution >= 0.6 is 0 Å². The van der Waals surface area contributed by atoms with Gasteiger partial charge in [-0.25, -0.2) is 0 Å². The lowest BCUT2D eigenvalue weighted by molar-refractivity contribution is -0.129. The minimum atomic E-state index is -0.818. The summed E-state index contributed by atoms with van der Waals surface area (Å²) in [6.45, 7) is 8.13. The van der Waals surface area contributed by atoms with Crippen LogP contribution in [0.5, 0.6) is 0 Å². The molecule has 2 heteroatoms. The van der Waals surface area contributed by atoms with E-state index in [0.717, 1.165) is 18.4 Å². The summed E-state index contributed by atoms with van der Waals surface area (Å²) in [4.78, 5) is 12.0. The Morgan fingerprint density at radius 3 is 2.28 bits per heavy atom. The fourth-order valence-electron chi connectivity index (χ4n) is 2.22. The summed E-state index contributed by atoms with van der Waals surface area (Å²) < 4.78 is 0. The van der Waals surface area contributed by atoms with Crippen molar-refractivity contribution in [1.82, 2.24) is 0 Å². The summed E-state index contributed by atoms with van der Waals surface area (Å²) in [5, 5.41) is 10.0. The van der Waals surface area contributed by atoms with E-state index in [1.165, 1.54) is 11.1 Å². The molecule has 0 fully saturated rings. The van der Waals surface area contributed by atoms with Crippen molar-refractivity contribution < 1.29 is 9.90 Å². The van der Waals surface area contributed by atoms with E-state index in [0.29, 0.717) is 6.42 Å². The Kier molecular flexibility index (Phi) is 5.54. The zero-order valence-electron chi connectivity index (χ0n) is 11.9. The molecule has 1 atom stereocenters. The largest absolute Gasteiger partial charge is 0.385 e. The maximum atomic E-state index is 12.0. The lowest BCUT2D eigenvalue weighted by Crippen LogP contribution is -2.30. The molecule has 18 heavy (non-hydrogen) atoms. The number of ketones is 1. The van der Waals surface area contributed by atoms with Gasteiger partial charge in [-0.3, -0.25) is 4.79 Å². The van der Waals surface area contributed by atoms with Crippen molar-refractivity contribution in [1.29, 1.82) is 0 Å². The molecule has 0 aromatic heterocycles. The van der Waals surface area contributed by atoms with Crippen LogP contribution in [-0.4, -0.2) is 17.0 Å². The number of aryl methyl sites for hydroxylation is 2. The zero-order chi connectivity index (χ0) is 13.7. The van der Waals surface area contributed by atoms with Crippen molar-refractivity contribution in [3.8, 4) is 0 Å². The van der Waals surface area contributed by atoms with E-state index in [2.05, 4.69) is 6.92 Å². The van der Waals surface area contributed by atoms with E-state index in [9.17, 15) is 9.90 Å². The Labute approximate surface area is 110 Å². The van der Waals surface area contributed by atoms with Gasteiger partial charge in [-0.15, -0.1) is 0 Å². The minimum Gasteiger partial charge on any atom is -0.385 e. The molecule has 1 aromatic carbocycles. The first-order chi connectivity index (χ1) is 8.49. The second kappa shape index (κ2) is 6.69. The Bertz CT molecular complexity index is 406. The van der Waals surface area contributed by atoms with Crippen LogP contribution in [0.25, 0.3) is 0 Å². The molecule has 0 spiro atoms. The van der Waals surface area contributed by atoms with Crippen LogP contribution in [0.15, 0.2) is 18.2 Å². The quantitative estimate of drug-likeness (QED) is 0.839. The summed E-state index contributed by atoms with van der Waals surface area (Å²) in [6, 6.07) is 6.04. The van der Waals surface area contributed by atoms with Gasteiger partial charge in [-0.1, -0.05) is 44.9 Å². The van der Waals surface area contributed by atoms with Crippen molar-refractivity contribution in [2.75, 3.05) is 0 Å².